The van der Waals surface area contributed by atoms with E-state index >= 15 is 0 Å². The van der Waals surface area contributed by atoms with Crippen molar-refractivity contribution in [2.45, 2.75) is 31.4 Å². The molecule has 0 radical (unpaired) electrons. The number of methoxy groups -OCH3 is 2. The van der Waals surface area contributed by atoms with Gasteiger partial charge < -0.3 is 27.8 Å². The number of aromatic nitrogens is 2. The predicted molar refractivity (Wildman–Crippen MR) is 150 cm³/mol. The Bertz CT molecular complexity index is 1440. The molecule has 45 heavy (non-hydrogen) atoms. The van der Waals surface area contributed by atoms with Gasteiger partial charge in [0.25, 0.3) is 0 Å². The molecule has 240 valence electrons. The van der Waals surface area contributed by atoms with Crippen molar-refractivity contribution >= 4 is 24.3 Å². The normalized spacial score (nSPS) is 13.0. The summed E-state index contributed by atoms with van der Waals surface area (Å²) in [5, 5.41) is 0. The van der Waals surface area contributed by atoms with Crippen LogP contribution in [-0.2, 0) is 44.5 Å². The largest absolute Gasteiger partial charge is 0.445 e. The maximum absolute atomic E-state index is 12.7. The zero-order chi connectivity index (χ0) is 32.5. The van der Waals surface area contributed by atoms with Gasteiger partial charge in [-0.3, -0.25) is 0 Å². The molecule has 0 aliphatic heterocycles. The Kier molecular flexibility index (Phi) is 11.0. The van der Waals surface area contributed by atoms with Gasteiger partial charge in [-0.2, -0.15) is 26.3 Å². The fraction of sp³-hybridized carbons (Fsp3) is 0.290. The Morgan fingerprint density at radius 1 is 0.600 bits per heavy atom. The summed E-state index contributed by atoms with van der Waals surface area (Å²) in [6.07, 6.45) is 0.155. The number of benzene rings is 2. The van der Waals surface area contributed by atoms with Crippen molar-refractivity contribution in [2.75, 3.05) is 27.4 Å². The van der Waals surface area contributed by atoms with Gasteiger partial charge in [-0.25, -0.2) is 9.97 Å². The zero-order valence-corrected chi connectivity index (χ0v) is 24.0. The van der Waals surface area contributed by atoms with Gasteiger partial charge in [0, 0.05) is 26.4 Å². The molecule has 0 saturated carbocycles. The van der Waals surface area contributed by atoms with Crippen LogP contribution in [0.2, 0.25) is 0 Å². The number of hydrogen-bond donors (Lipinski definition) is 0. The van der Waals surface area contributed by atoms with E-state index < -0.39 is 29.3 Å². The molecule has 0 aliphatic carbocycles. The number of nitrogens with zero attached hydrogens (tertiary/aromatic N) is 2. The first-order chi connectivity index (χ1) is 21.4. The zero-order valence-electron chi connectivity index (χ0n) is 24.0. The smallest absolute Gasteiger partial charge is 0.416 e. The highest BCUT2D eigenvalue weighted by Crippen LogP contribution is 2.30. The maximum Gasteiger partial charge on any atom is 0.416 e. The van der Waals surface area contributed by atoms with Gasteiger partial charge in [0.2, 0.25) is 17.6 Å². The van der Waals surface area contributed by atoms with Gasteiger partial charge >= 0.3 is 12.4 Å². The molecule has 0 aliphatic rings. The summed E-state index contributed by atoms with van der Waals surface area (Å²) < 4.78 is 109. The van der Waals surface area contributed by atoms with Crippen molar-refractivity contribution < 1.29 is 54.1 Å². The fourth-order valence-electron chi connectivity index (χ4n) is 3.82. The molecule has 14 heteroatoms. The molecule has 2 heterocycles. The Labute approximate surface area is 253 Å². The summed E-state index contributed by atoms with van der Waals surface area (Å²) in [5.74, 6) is -0.782. The summed E-state index contributed by atoms with van der Waals surface area (Å²) >= 11 is 0. The lowest BCUT2D eigenvalue weighted by molar-refractivity contribution is -0.262. The van der Waals surface area contributed by atoms with E-state index in [1.807, 2.05) is 0 Å². The van der Waals surface area contributed by atoms with Crippen molar-refractivity contribution in [3.63, 3.8) is 0 Å². The molecule has 0 N–H and O–H groups in total. The van der Waals surface area contributed by atoms with Gasteiger partial charge in [0.05, 0.1) is 24.3 Å². The van der Waals surface area contributed by atoms with Crippen molar-refractivity contribution in [3.05, 3.63) is 106 Å². The average molecular weight is 639 g/mol. The van der Waals surface area contributed by atoms with Gasteiger partial charge in [-0.05, 0) is 47.5 Å². The molecule has 0 atom stereocenters. The van der Waals surface area contributed by atoms with E-state index in [4.69, 9.17) is 27.8 Å². The van der Waals surface area contributed by atoms with E-state index in [0.29, 0.717) is 22.5 Å². The van der Waals surface area contributed by atoms with E-state index in [2.05, 4.69) is 9.97 Å². The van der Waals surface area contributed by atoms with E-state index in [-0.39, 0.29) is 38.2 Å². The third kappa shape index (κ3) is 9.88. The molecule has 4 rings (SSSR count). The lowest BCUT2D eigenvalue weighted by atomic mass is 10.1. The molecule has 8 nitrogen and oxygen atoms in total. The van der Waals surface area contributed by atoms with Gasteiger partial charge in [0.15, 0.2) is 0 Å². The fourth-order valence-corrected chi connectivity index (χ4v) is 3.82. The van der Waals surface area contributed by atoms with Crippen LogP contribution in [0.4, 0.5) is 26.3 Å². The Morgan fingerprint density at radius 3 is 1.31 bits per heavy atom. The van der Waals surface area contributed by atoms with Gasteiger partial charge in [-0.1, -0.05) is 24.3 Å². The second kappa shape index (κ2) is 14.7. The van der Waals surface area contributed by atoms with Crippen molar-refractivity contribution in [2.24, 2.45) is 0 Å². The van der Waals surface area contributed by atoms with Crippen LogP contribution in [0, 0.1) is 0 Å². The number of halogens is 6. The molecular weight excluding hydrogens is 610 g/mol. The molecule has 0 unspecified atom stereocenters. The lowest BCUT2D eigenvalue weighted by Gasteiger charge is -2.30. The highest BCUT2D eigenvalue weighted by molar-refractivity contribution is 5.66. The predicted octanol–water partition coefficient (Wildman–Crippen LogP) is 7.76. The van der Waals surface area contributed by atoms with Crippen LogP contribution >= 0.6 is 0 Å². The molecule has 2 aromatic carbocycles. The second-order valence-corrected chi connectivity index (χ2v) is 9.56. The van der Waals surface area contributed by atoms with Crippen molar-refractivity contribution in [1.29, 1.82) is 0 Å². The summed E-state index contributed by atoms with van der Waals surface area (Å²) in [6, 6.07) is 9.34. The first kappa shape index (κ1) is 33.6. The standard InChI is InChI=1S/C31H28F6N2O6/c1-40-29(41-2,19-42-15-25-17-44-27(38-25)13-7-21-3-9-23(10-4-21)30(32,33)34)20-43-16-26-18-45-28(39-26)14-8-22-5-11-24(12-6-22)31(35,36)37/h3-14,17-18H,15-16,19-20H2,1-2H3/b13-7+,14-8+. The minimum absolute atomic E-state index is 0.0382. The number of alkyl halides is 6. The van der Waals surface area contributed by atoms with Crippen LogP contribution in [0.15, 0.2) is 69.9 Å². The number of rotatable bonds is 14. The third-order valence-corrected chi connectivity index (χ3v) is 6.34. The van der Waals surface area contributed by atoms with Crippen molar-refractivity contribution in [1.82, 2.24) is 9.97 Å². The Hall–Kier alpha value is -4.24. The number of hydrogen-bond acceptors (Lipinski definition) is 8. The lowest BCUT2D eigenvalue weighted by Crippen LogP contribution is -2.43. The topological polar surface area (TPSA) is 89.0 Å². The van der Waals surface area contributed by atoms with E-state index in [1.165, 1.54) is 63.2 Å². The average Bonchev–Trinajstić information content (AvgIpc) is 3.67. The molecule has 0 saturated heterocycles. The monoisotopic (exact) mass is 638 g/mol. The first-order valence-corrected chi connectivity index (χ1v) is 13.2. The number of ether oxygens (including phenoxy) is 4. The Balaban J connectivity index is 1.22. The minimum Gasteiger partial charge on any atom is -0.445 e. The van der Waals surface area contributed by atoms with Crippen LogP contribution in [0.3, 0.4) is 0 Å². The highest BCUT2D eigenvalue weighted by atomic mass is 19.4. The molecule has 0 fully saturated rings. The number of oxazole rings is 2. The summed E-state index contributed by atoms with van der Waals surface area (Å²) in [6.45, 7) is 0.0149. The summed E-state index contributed by atoms with van der Waals surface area (Å²) in [5.41, 5.74) is 0.537. The van der Waals surface area contributed by atoms with Crippen molar-refractivity contribution in [3.8, 4) is 0 Å². The van der Waals surface area contributed by atoms with Crippen LogP contribution in [0.1, 0.15) is 45.4 Å². The minimum atomic E-state index is -4.40. The Morgan fingerprint density at radius 2 is 0.978 bits per heavy atom. The molecule has 2 aromatic heterocycles. The summed E-state index contributed by atoms with van der Waals surface area (Å²) in [4.78, 5) is 8.53. The molecule has 4 aromatic rings. The van der Waals surface area contributed by atoms with E-state index in [9.17, 15) is 26.3 Å². The maximum atomic E-state index is 12.7. The SMILES string of the molecule is COC(COCc1coc(/C=C/c2ccc(C(F)(F)F)cc2)n1)(COCc1coc(/C=C/c2ccc(C(F)(F)F)cc2)n1)OC. The quantitative estimate of drug-likeness (QED) is 0.102. The second-order valence-electron chi connectivity index (χ2n) is 9.56. The van der Waals surface area contributed by atoms with E-state index in [1.54, 1.807) is 12.2 Å². The van der Waals surface area contributed by atoms with Crippen LogP contribution in [0.5, 0.6) is 0 Å². The molecule has 0 bridgehead atoms. The van der Waals surface area contributed by atoms with Crippen LogP contribution in [-0.4, -0.2) is 43.2 Å². The molecule has 0 amide bonds. The third-order valence-electron chi connectivity index (χ3n) is 6.34. The first-order valence-electron chi connectivity index (χ1n) is 13.2. The van der Waals surface area contributed by atoms with Crippen LogP contribution < -0.4 is 0 Å². The van der Waals surface area contributed by atoms with E-state index in [0.717, 1.165) is 24.3 Å². The van der Waals surface area contributed by atoms with Gasteiger partial charge in [-0.15, -0.1) is 0 Å². The molecule has 0 spiro atoms. The molecular formula is C31H28F6N2O6. The highest BCUT2D eigenvalue weighted by Gasteiger charge is 2.32. The summed E-state index contributed by atoms with van der Waals surface area (Å²) in [7, 11) is 2.85. The van der Waals surface area contributed by atoms with Gasteiger partial charge in [0.1, 0.15) is 37.1 Å². The van der Waals surface area contributed by atoms with Crippen LogP contribution in [0.25, 0.3) is 24.3 Å².